The molecule has 9 N–H and O–H groups in total. The van der Waals surface area contributed by atoms with Gasteiger partial charge in [-0.05, 0) is 0 Å². The molecule has 0 bridgehead atoms. The molecule has 2 aliphatic heterocycles. The highest BCUT2D eigenvalue weighted by atomic mass is 31.3. The molecule has 38 heavy (non-hydrogen) atoms. The summed E-state index contributed by atoms with van der Waals surface area (Å²) < 4.78 is 63.1. The number of halogens is 1. The van der Waals surface area contributed by atoms with E-state index in [1.54, 1.807) is 0 Å². The van der Waals surface area contributed by atoms with Crippen LogP contribution in [0.5, 0.6) is 0 Å². The number of nitrogen functional groups attached to an aromatic ring is 1. The van der Waals surface area contributed by atoms with Crippen LogP contribution in [0.1, 0.15) is 6.23 Å². The number of aliphatic hydroxyl groups is 5. The fourth-order valence-corrected chi connectivity index (χ4v) is 5.91. The van der Waals surface area contributed by atoms with Crippen molar-refractivity contribution in [2.24, 2.45) is 0 Å². The molecule has 214 valence electrons. The first kappa shape index (κ1) is 29.2. The predicted octanol–water partition coefficient (Wildman–Crippen LogP) is -2.94. The van der Waals surface area contributed by atoms with Gasteiger partial charge < -0.3 is 50.5 Å². The summed E-state index contributed by atoms with van der Waals surface area (Å²) in [5.74, 6) is 0.0333. The normalized spacial score (nSPS) is 37.2. The average Bonchev–Trinajstić information content (AvgIpc) is 3.39. The number of phosphoric acid groups is 2. The number of hydrogen-bond donors (Lipinski definition) is 8. The standard InChI is InChI=1S/C16H24FN5O14P2/c17-7-11(26)9(24)5(1-23)34-16(7)35-38(30,31)36-37(28,29)32-2-6-10(25)12(27)15(33-6)22-4-21-8-13(18)19-3-20-14(8)22/h3-7,9-12,15-16,23-27H,1-2H2,(H,28,29)(H,30,31)(H2,18,19,20)/t5-,6-,7+,9-,10-,11-,12-,15-,16+/m1/s1. The number of hydrogen-bond acceptors (Lipinski definition) is 16. The Kier molecular flexibility index (Phi) is 8.49. The van der Waals surface area contributed by atoms with Crippen LogP contribution in [-0.2, 0) is 32.0 Å². The zero-order valence-corrected chi connectivity index (χ0v) is 20.7. The first-order valence-corrected chi connectivity index (χ1v) is 13.6. The van der Waals surface area contributed by atoms with E-state index in [4.69, 9.17) is 20.3 Å². The highest BCUT2D eigenvalue weighted by Crippen LogP contribution is 2.61. The molecular formula is C16H24FN5O14P2. The highest BCUT2D eigenvalue weighted by Gasteiger charge is 2.50. The number of aromatic nitrogens is 4. The maximum Gasteiger partial charge on any atom is 0.483 e. The number of fused-ring (bicyclic) bond motifs is 1. The molecule has 2 fully saturated rings. The molecule has 2 aromatic heterocycles. The summed E-state index contributed by atoms with van der Waals surface area (Å²) in [6, 6.07) is 0. The van der Waals surface area contributed by atoms with Gasteiger partial charge in [-0.15, -0.1) is 0 Å². The Morgan fingerprint density at radius 1 is 1.00 bits per heavy atom. The number of nitrogens with two attached hydrogens (primary N) is 1. The number of alkyl halides is 1. The third-order valence-electron chi connectivity index (χ3n) is 5.65. The maximum atomic E-state index is 14.2. The Bertz CT molecular complexity index is 1240. The number of aliphatic hydroxyl groups excluding tert-OH is 5. The molecule has 0 aliphatic carbocycles. The summed E-state index contributed by atoms with van der Waals surface area (Å²) in [4.78, 5) is 31.4. The number of nitrogens with zero attached hydrogens (tertiary/aromatic N) is 4. The van der Waals surface area contributed by atoms with Crippen LogP contribution in [0, 0.1) is 0 Å². The van der Waals surface area contributed by atoms with Gasteiger partial charge in [0.25, 0.3) is 0 Å². The van der Waals surface area contributed by atoms with Crippen LogP contribution < -0.4 is 5.73 Å². The maximum absolute atomic E-state index is 14.2. The SMILES string of the molecule is Nc1ncnc2c1ncn2[C@@H]1O[C@H](COP(=O)(O)OP(=O)(O)O[C@@H]2O[C@H](CO)[C@@H](O)[C@H](O)[C@@H]2F)[C@@H](O)[C@H]1O. The van der Waals surface area contributed by atoms with Gasteiger partial charge in [0, 0.05) is 0 Å². The summed E-state index contributed by atoms with van der Waals surface area (Å²) in [5, 5.41) is 49.1. The largest absolute Gasteiger partial charge is 0.483 e. The van der Waals surface area contributed by atoms with Gasteiger partial charge >= 0.3 is 15.6 Å². The second kappa shape index (κ2) is 11.0. The van der Waals surface area contributed by atoms with Crippen molar-refractivity contribution in [1.29, 1.82) is 0 Å². The van der Waals surface area contributed by atoms with E-state index < -0.39 is 84.2 Å². The van der Waals surface area contributed by atoms with Crippen LogP contribution in [0.25, 0.3) is 11.2 Å². The van der Waals surface area contributed by atoms with Crippen molar-refractivity contribution in [3.05, 3.63) is 12.7 Å². The molecule has 0 aromatic carbocycles. The van der Waals surface area contributed by atoms with E-state index in [2.05, 4.69) is 28.3 Å². The number of imidazole rings is 1. The Labute approximate surface area is 211 Å². The number of rotatable bonds is 9. The van der Waals surface area contributed by atoms with Gasteiger partial charge in [-0.3, -0.25) is 13.6 Å². The van der Waals surface area contributed by atoms with Crippen LogP contribution in [-0.4, -0.2) is 117 Å². The molecule has 2 aliphatic rings. The minimum Gasteiger partial charge on any atom is -0.394 e. The van der Waals surface area contributed by atoms with Gasteiger partial charge in [-0.25, -0.2) is 28.5 Å². The lowest BCUT2D eigenvalue weighted by molar-refractivity contribution is -0.265. The minimum atomic E-state index is -5.64. The van der Waals surface area contributed by atoms with Crippen LogP contribution in [0.15, 0.2) is 12.7 Å². The van der Waals surface area contributed by atoms with Gasteiger partial charge in [-0.2, -0.15) is 4.31 Å². The molecule has 4 heterocycles. The molecule has 2 saturated heterocycles. The molecule has 2 aromatic rings. The van der Waals surface area contributed by atoms with Crippen LogP contribution >= 0.6 is 15.6 Å². The van der Waals surface area contributed by atoms with Crippen molar-refractivity contribution < 1.29 is 71.7 Å². The van der Waals surface area contributed by atoms with Crippen molar-refractivity contribution >= 4 is 32.6 Å². The smallest absolute Gasteiger partial charge is 0.394 e. The van der Waals surface area contributed by atoms with Gasteiger partial charge in [0.15, 0.2) is 23.9 Å². The van der Waals surface area contributed by atoms with Gasteiger partial charge in [-0.1, -0.05) is 0 Å². The monoisotopic (exact) mass is 591 g/mol. The van der Waals surface area contributed by atoms with E-state index in [1.165, 1.54) is 10.9 Å². The fourth-order valence-electron chi connectivity index (χ4n) is 3.76. The number of ether oxygens (including phenoxy) is 2. The molecule has 4 rings (SSSR count). The molecule has 0 saturated carbocycles. The Morgan fingerprint density at radius 3 is 2.37 bits per heavy atom. The molecule has 0 spiro atoms. The molecule has 0 amide bonds. The molecule has 11 atom stereocenters. The lowest BCUT2D eigenvalue weighted by atomic mass is 10.0. The Morgan fingerprint density at radius 2 is 1.68 bits per heavy atom. The minimum absolute atomic E-state index is 0.0333. The second-order valence-electron chi connectivity index (χ2n) is 8.20. The molecule has 19 nitrogen and oxygen atoms in total. The van der Waals surface area contributed by atoms with Crippen molar-refractivity contribution in [3.63, 3.8) is 0 Å². The van der Waals surface area contributed by atoms with Gasteiger partial charge in [0.05, 0.1) is 19.5 Å². The number of phosphoric ester groups is 2. The second-order valence-corrected chi connectivity index (χ2v) is 11.2. The first-order valence-electron chi connectivity index (χ1n) is 10.7. The van der Waals surface area contributed by atoms with Crippen LogP contribution in [0.3, 0.4) is 0 Å². The van der Waals surface area contributed by atoms with Crippen LogP contribution in [0.4, 0.5) is 10.2 Å². The highest BCUT2D eigenvalue weighted by molar-refractivity contribution is 7.61. The van der Waals surface area contributed by atoms with E-state index in [1.807, 2.05) is 0 Å². The fraction of sp³-hybridized carbons (Fsp3) is 0.688. The Balaban J connectivity index is 1.38. The zero-order chi connectivity index (χ0) is 28.0. The summed E-state index contributed by atoms with van der Waals surface area (Å²) >= 11 is 0. The summed E-state index contributed by atoms with van der Waals surface area (Å²) in [7, 11) is -11.1. The topological polar surface area (TPSA) is 292 Å². The summed E-state index contributed by atoms with van der Waals surface area (Å²) in [6.45, 7) is -1.90. The van der Waals surface area contributed by atoms with Gasteiger partial charge in [0.1, 0.15) is 48.5 Å². The zero-order valence-electron chi connectivity index (χ0n) is 18.9. The van der Waals surface area contributed by atoms with E-state index in [0.29, 0.717) is 0 Å². The van der Waals surface area contributed by atoms with E-state index in [-0.39, 0.29) is 17.0 Å². The third-order valence-corrected chi connectivity index (χ3v) is 8.25. The van der Waals surface area contributed by atoms with Crippen molar-refractivity contribution in [1.82, 2.24) is 19.5 Å². The summed E-state index contributed by atoms with van der Waals surface area (Å²) in [5.41, 5.74) is 6.02. The molecular weight excluding hydrogens is 567 g/mol. The van der Waals surface area contributed by atoms with E-state index >= 15 is 0 Å². The quantitative estimate of drug-likeness (QED) is 0.135. The third kappa shape index (κ3) is 5.88. The van der Waals surface area contributed by atoms with Crippen molar-refractivity contribution in [3.8, 4) is 0 Å². The van der Waals surface area contributed by atoms with Crippen molar-refractivity contribution in [2.45, 2.75) is 55.3 Å². The lowest BCUT2D eigenvalue weighted by Crippen LogP contribution is -2.57. The average molecular weight is 591 g/mol. The summed E-state index contributed by atoms with van der Waals surface area (Å²) in [6.07, 6.45) is -14.5. The molecule has 22 heteroatoms. The predicted molar refractivity (Wildman–Crippen MR) is 116 cm³/mol. The molecule has 2 unspecified atom stereocenters. The van der Waals surface area contributed by atoms with Gasteiger partial charge in [0.2, 0.25) is 6.29 Å². The van der Waals surface area contributed by atoms with Crippen molar-refractivity contribution in [2.75, 3.05) is 18.9 Å². The first-order chi connectivity index (χ1) is 17.7. The number of anilines is 1. The van der Waals surface area contributed by atoms with E-state index in [9.17, 15) is 43.7 Å². The molecule has 0 radical (unpaired) electrons. The van der Waals surface area contributed by atoms with Crippen LogP contribution in [0.2, 0.25) is 0 Å². The Hall–Kier alpha value is -1.74. The lowest BCUT2D eigenvalue weighted by Gasteiger charge is -2.38. The van der Waals surface area contributed by atoms with E-state index in [0.717, 1.165) is 6.33 Å².